The Bertz CT molecular complexity index is 1130. The van der Waals surface area contributed by atoms with Gasteiger partial charge in [-0.2, -0.15) is 5.10 Å². The van der Waals surface area contributed by atoms with Gasteiger partial charge in [0.1, 0.15) is 17.3 Å². The third-order valence-corrected chi connectivity index (χ3v) is 4.20. The van der Waals surface area contributed by atoms with Gasteiger partial charge < -0.3 is 5.32 Å². The molecule has 4 nitrogen and oxygen atoms in total. The number of carbonyl (C=O) groups is 1. The molecule has 0 saturated heterocycles. The Kier molecular flexibility index (Phi) is 4.68. The predicted octanol–water partition coefficient (Wildman–Crippen LogP) is 5.07. The van der Waals surface area contributed by atoms with Crippen LogP contribution in [0, 0.1) is 11.6 Å². The van der Waals surface area contributed by atoms with Crippen LogP contribution in [-0.4, -0.2) is 15.7 Å². The molecule has 1 heterocycles. The fraction of sp³-hybridized carbons (Fsp3) is 0. The van der Waals surface area contributed by atoms with Crippen LogP contribution >= 0.6 is 0 Å². The molecule has 4 aromatic rings. The van der Waals surface area contributed by atoms with Crippen LogP contribution in [0.1, 0.15) is 10.4 Å². The minimum atomic E-state index is -0.716. The highest BCUT2D eigenvalue weighted by Gasteiger charge is 2.20. The molecule has 0 atom stereocenters. The SMILES string of the molecule is O=C(Nc1cc(F)ccc1F)c1cn(-c2ccccc2)nc1-c1ccccc1. The van der Waals surface area contributed by atoms with Crippen molar-refractivity contribution in [2.24, 2.45) is 0 Å². The van der Waals surface area contributed by atoms with E-state index in [1.807, 2.05) is 60.7 Å². The Morgan fingerprint density at radius 2 is 1.57 bits per heavy atom. The average Bonchev–Trinajstić information content (AvgIpc) is 3.18. The summed E-state index contributed by atoms with van der Waals surface area (Å²) in [7, 11) is 0. The first-order chi connectivity index (χ1) is 13.6. The van der Waals surface area contributed by atoms with Gasteiger partial charge in [0, 0.05) is 17.8 Å². The number of hydrogen-bond acceptors (Lipinski definition) is 2. The quantitative estimate of drug-likeness (QED) is 0.541. The van der Waals surface area contributed by atoms with Crippen molar-refractivity contribution in [3.63, 3.8) is 0 Å². The number of aromatic nitrogens is 2. The number of halogens is 2. The summed E-state index contributed by atoms with van der Waals surface area (Å²) in [5, 5.41) is 6.98. The van der Waals surface area contributed by atoms with E-state index >= 15 is 0 Å². The van der Waals surface area contributed by atoms with Crippen molar-refractivity contribution in [2.75, 3.05) is 5.32 Å². The first kappa shape index (κ1) is 17.6. The summed E-state index contributed by atoms with van der Waals surface area (Å²) < 4.78 is 29.0. The fourth-order valence-corrected chi connectivity index (χ4v) is 2.85. The molecule has 28 heavy (non-hydrogen) atoms. The molecule has 0 aliphatic rings. The number of para-hydroxylation sites is 1. The van der Waals surface area contributed by atoms with E-state index in [2.05, 4.69) is 10.4 Å². The lowest BCUT2D eigenvalue weighted by atomic mass is 10.1. The first-order valence-corrected chi connectivity index (χ1v) is 8.59. The number of hydrogen-bond donors (Lipinski definition) is 1. The lowest BCUT2D eigenvalue weighted by Gasteiger charge is -2.06. The van der Waals surface area contributed by atoms with E-state index in [4.69, 9.17) is 0 Å². The topological polar surface area (TPSA) is 46.9 Å². The summed E-state index contributed by atoms with van der Waals surface area (Å²) in [6.07, 6.45) is 1.57. The molecule has 0 aliphatic carbocycles. The molecule has 138 valence electrons. The van der Waals surface area contributed by atoms with Crippen LogP contribution in [-0.2, 0) is 0 Å². The highest BCUT2D eigenvalue weighted by Crippen LogP contribution is 2.25. The van der Waals surface area contributed by atoms with Gasteiger partial charge in [-0.3, -0.25) is 4.79 Å². The number of amides is 1. The van der Waals surface area contributed by atoms with Crippen LogP contribution in [0.15, 0.2) is 85.1 Å². The minimum Gasteiger partial charge on any atom is -0.319 e. The normalized spacial score (nSPS) is 10.6. The maximum atomic E-state index is 13.9. The molecule has 1 aromatic heterocycles. The standard InChI is InChI=1S/C22H15F2N3O/c23-16-11-12-19(24)20(13-16)25-22(28)18-14-27(17-9-5-2-6-10-17)26-21(18)15-7-3-1-4-8-15/h1-14H,(H,25,28). The summed E-state index contributed by atoms with van der Waals surface area (Å²) in [6, 6.07) is 21.4. The monoisotopic (exact) mass is 375 g/mol. The molecule has 0 aliphatic heterocycles. The van der Waals surface area contributed by atoms with Crippen LogP contribution in [0.2, 0.25) is 0 Å². The molecular formula is C22H15F2N3O. The Balaban J connectivity index is 1.77. The van der Waals surface area contributed by atoms with Crippen LogP contribution in [0.4, 0.5) is 14.5 Å². The number of benzene rings is 3. The predicted molar refractivity (Wildman–Crippen MR) is 103 cm³/mol. The van der Waals surface area contributed by atoms with E-state index in [0.717, 1.165) is 29.4 Å². The van der Waals surface area contributed by atoms with Crippen LogP contribution in [0.5, 0.6) is 0 Å². The van der Waals surface area contributed by atoms with Crippen molar-refractivity contribution in [1.82, 2.24) is 9.78 Å². The van der Waals surface area contributed by atoms with E-state index in [0.29, 0.717) is 5.69 Å². The van der Waals surface area contributed by atoms with Crippen LogP contribution < -0.4 is 5.32 Å². The smallest absolute Gasteiger partial charge is 0.259 e. The van der Waals surface area contributed by atoms with Crippen molar-refractivity contribution in [2.45, 2.75) is 0 Å². The second kappa shape index (κ2) is 7.44. The first-order valence-electron chi connectivity index (χ1n) is 8.59. The Labute approximate surface area is 160 Å². The molecule has 0 fully saturated rings. The van der Waals surface area contributed by atoms with Gasteiger partial charge in [0.05, 0.1) is 16.9 Å². The van der Waals surface area contributed by atoms with Gasteiger partial charge in [0.25, 0.3) is 5.91 Å². The van der Waals surface area contributed by atoms with Crippen molar-refractivity contribution in [1.29, 1.82) is 0 Å². The van der Waals surface area contributed by atoms with Gasteiger partial charge >= 0.3 is 0 Å². The molecule has 6 heteroatoms. The van der Waals surface area contributed by atoms with Gasteiger partial charge in [-0.1, -0.05) is 48.5 Å². The van der Waals surface area contributed by atoms with Crippen molar-refractivity contribution >= 4 is 11.6 Å². The molecule has 0 radical (unpaired) electrons. The fourth-order valence-electron chi connectivity index (χ4n) is 2.85. The molecule has 0 unspecified atom stereocenters. The van der Waals surface area contributed by atoms with Crippen molar-refractivity contribution < 1.29 is 13.6 Å². The third kappa shape index (κ3) is 3.53. The minimum absolute atomic E-state index is 0.225. The van der Waals surface area contributed by atoms with Gasteiger partial charge in [0.2, 0.25) is 0 Å². The third-order valence-electron chi connectivity index (χ3n) is 4.20. The number of anilines is 1. The van der Waals surface area contributed by atoms with E-state index < -0.39 is 17.5 Å². The van der Waals surface area contributed by atoms with E-state index in [-0.39, 0.29) is 11.3 Å². The zero-order valence-corrected chi connectivity index (χ0v) is 14.6. The second-order valence-corrected chi connectivity index (χ2v) is 6.12. The second-order valence-electron chi connectivity index (χ2n) is 6.12. The summed E-state index contributed by atoms with van der Waals surface area (Å²) in [5.41, 5.74) is 1.98. The lowest BCUT2D eigenvalue weighted by molar-refractivity contribution is 0.102. The molecular weight excluding hydrogens is 360 g/mol. The summed E-state index contributed by atoms with van der Waals surface area (Å²) >= 11 is 0. The molecule has 1 N–H and O–H groups in total. The van der Waals surface area contributed by atoms with Crippen molar-refractivity contribution in [3.05, 3.63) is 102 Å². The largest absolute Gasteiger partial charge is 0.319 e. The zero-order chi connectivity index (χ0) is 19.5. The van der Waals surface area contributed by atoms with E-state index in [1.165, 1.54) is 0 Å². The maximum Gasteiger partial charge on any atom is 0.259 e. The summed E-state index contributed by atoms with van der Waals surface area (Å²) in [5.74, 6) is -1.93. The zero-order valence-electron chi connectivity index (χ0n) is 14.6. The summed E-state index contributed by atoms with van der Waals surface area (Å²) in [6.45, 7) is 0. The molecule has 0 saturated carbocycles. The van der Waals surface area contributed by atoms with E-state index in [1.54, 1.807) is 10.9 Å². The highest BCUT2D eigenvalue weighted by atomic mass is 19.1. The van der Waals surface area contributed by atoms with Gasteiger partial charge in [-0.25, -0.2) is 13.5 Å². The Morgan fingerprint density at radius 3 is 2.29 bits per heavy atom. The average molecular weight is 375 g/mol. The number of rotatable bonds is 4. The highest BCUT2D eigenvalue weighted by molar-refractivity contribution is 6.08. The van der Waals surface area contributed by atoms with Crippen LogP contribution in [0.25, 0.3) is 16.9 Å². The van der Waals surface area contributed by atoms with Gasteiger partial charge in [-0.15, -0.1) is 0 Å². The van der Waals surface area contributed by atoms with E-state index in [9.17, 15) is 13.6 Å². The molecule has 0 bridgehead atoms. The van der Waals surface area contributed by atoms with Gasteiger partial charge in [-0.05, 0) is 24.3 Å². The molecule has 0 spiro atoms. The van der Waals surface area contributed by atoms with Crippen molar-refractivity contribution in [3.8, 4) is 16.9 Å². The van der Waals surface area contributed by atoms with Gasteiger partial charge in [0.15, 0.2) is 0 Å². The number of carbonyl (C=O) groups excluding carboxylic acids is 1. The molecule has 1 amide bonds. The maximum absolute atomic E-state index is 13.9. The Hall–Kier alpha value is -3.80. The molecule has 3 aromatic carbocycles. The summed E-state index contributed by atoms with van der Waals surface area (Å²) in [4.78, 5) is 12.9. The Morgan fingerprint density at radius 1 is 0.893 bits per heavy atom. The lowest BCUT2D eigenvalue weighted by Crippen LogP contribution is -2.13. The van der Waals surface area contributed by atoms with Crippen LogP contribution in [0.3, 0.4) is 0 Å². The molecule has 4 rings (SSSR count). The number of nitrogens with zero attached hydrogens (tertiary/aromatic N) is 2. The number of nitrogens with one attached hydrogen (secondary N) is 1.